The Morgan fingerprint density at radius 1 is 1.21 bits per heavy atom. The van der Waals surface area contributed by atoms with E-state index in [0.717, 1.165) is 34.0 Å². The van der Waals surface area contributed by atoms with Gasteiger partial charge in [-0.05, 0) is 27.9 Å². The average molecular weight is 338 g/mol. The minimum atomic E-state index is 0.868. The molecule has 0 fully saturated rings. The molecule has 1 heterocycles. The van der Waals surface area contributed by atoms with Crippen LogP contribution in [0.1, 0.15) is 18.9 Å². The van der Waals surface area contributed by atoms with Crippen molar-refractivity contribution in [3.63, 3.8) is 0 Å². The molecular weight excluding hydrogens is 322 g/mol. The van der Waals surface area contributed by atoms with Crippen LogP contribution in [-0.4, -0.2) is 16.5 Å². The van der Waals surface area contributed by atoms with Gasteiger partial charge in [-0.25, -0.2) is 9.97 Å². The van der Waals surface area contributed by atoms with Crippen LogP contribution in [0.4, 0.5) is 5.82 Å². The maximum absolute atomic E-state index is 4.33. The normalized spacial score (nSPS) is 10.4. The summed E-state index contributed by atoms with van der Waals surface area (Å²) in [4.78, 5) is 8.58. The average Bonchev–Trinajstić information content (AvgIpc) is 2.46. The number of anilines is 1. The van der Waals surface area contributed by atoms with Crippen LogP contribution in [0.3, 0.4) is 0 Å². The number of benzene rings is 1. The van der Waals surface area contributed by atoms with Gasteiger partial charge < -0.3 is 5.32 Å². The van der Waals surface area contributed by atoms with Crippen molar-refractivity contribution in [1.29, 1.82) is 0 Å². The number of aromatic nitrogens is 2. The Bertz CT molecular complexity index is 519. The van der Waals surface area contributed by atoms with Gasteiger partial charge in [0.15, 0.2) is 0 Å². The van der Waals surface area contributed by atoms with E-state index in [2.05, 4.69) is 62.4 Å². The van der Waals surface area contributed by atoms with Gasteiger partial charge in [0.05, 0.1) is 4.47 Å². The van der Waals surface area contributed by atoms with Crippen LogP contribution in [0.2, 0.25) is 0 Å². The molecule has 0 aliphatic carbocycles. The molecule has 2 rings (SSSR count). The van der Waals surface area contributed by atoms with Crippen LogP contribution in [0.25, 0.3) is 0 Å². The van der Waals surface area contributed by atoms with Crippen LogP contribution in [0.5, 0.6) is 0 Å². The highest BCUT2D eigenvalue weighted by molar-refractivity contribution is 9.10. The van der Waals surface area contributed by atoms with Crippen molar-refractivity contribution in [2.75, 3.05) is 11.9 Å². The lowest BCUT2D eigenvalue weighted by Crippen LogP contribution is -2.03. The van der Waals surface area contributed by atoms with Crippen LogP contribution in [0.15, 0.2) is 46.2 Å². The summed E-state index contributed by atoms with van der Waals surface area (Å²) in [7, 11) is 0. The minimum absolute atomic E-state index is 0.868. The molecule has 1 aromatic heterocycles. The topological polar surface area (TPSA) is 37.8 Å². The molecule has 0 saturated heterocycles. The molecule has 0 aliphatic heterocycles. The number of hydrogen-bond donors (Lipinski definition) is 1. The third-order valence-electron chi connectivity index (χ3n) is 2.52. The lowest BCUT2D eigenvalue weighted by molar-refractivity contribution is 0.946. The largest absolute Gasteiger partial charge is 0.369 e. The first-order valence-corrected chi connectivity index (χ1v) is 8.00. The summed E-state index contributed by atoms with van der Waals surface area (Å²) >= 11 is 5.29. The fourth-order valence-electron chi connectivity index (χ4n) is 1.55. The molecule has 0 atom stereocenters. The first-order valence-electron chi connectivity index (χ1n) is 6.22. The molecule has 0 bridgehead atoms. The Labute approximate surface area is 126 Å². The number of thioether (sulfide) groups is 1. The molecule has 0 radical (unpaired) electrons. The van der Waals surface area contributed by atoms with Gasteiger partial charge in [0.2, 0.25) is 0 Å². The Kier molecular flexibility index (Phi) is 5.66. The summed E-state index contributed by atoms with van der Waals surface area (Å²) in [5.74, 6) is 1.77. The van der Waals surface area contributed by atoms with E-state index in [1.807, 2.05) is 6.07 Å². The molecule has 1 N–H and O–H groups in total. The molecule has 0 amide bonds. The van der Waals surface area contributed by atoms with Crippen molar-refractivity contribution < 1.29 is 0 Å². The first kappa shape index (κ1) is 14.3. The minimum Gasteiger partial charge on any atom is -0.369 e. The summed E-state index contributed by atoms with van der Waals surface area (Å²) in [5, 5.41) is 4.26. The molecule has 0 spiro atoms. The lowest BCUT2D eigenvalue weighted by Gasteiger charge is -2.09. The monoisotopic (exact) mass is 337 g/mol. The fraction of sp³-hybridized carbons (Fsp3) is 0.286. The Morgan fingerprint density at radius 3 is 2.74 bits per heavy atom. The molecule has 2 aromatic rings. The van der Waals surface area contributed by atoms with E-state index in [-0.39, 0.29) is 0 Å². The van der Waals surface area contributed by atoms with E-state index in [1.54, 1.807) is 18.1 Å². The summed E-state index contributed by atoms with van der Waals surface area (Å²) in [6.07, 6.45) is 2.68. The van der Waals surface area contributed by atoms with Gasteiger partial charge in [0.25, 0.3) is 0 Å². The smallest absolute Gasteiger partial charge is 0.144 e. The zero-order valence-corrected chi connectivity index (χ0v) is 13.2. The molecule has 0 aliphatic rings. The second-order valence-electron chi connectivity index (χ2n) is 4.04. The van der Waals surface area contributed by atoms with Crippen molar-refractivity contribution >= 4 is 33.5 Å². The SMILES string of the molecule is CCCNc1ncnc(SCc2ccccc2)c1Br. The zero-order chi connectivity index (χ0) is 13.5. The van der Waals surface area contributed by atoms with E-state index in [9.17, 15) is 0 Å². The van der Waals surface area contributed by atoms with Crippen molar-refractivity contribution in [2.45, 2.75) is 24.1 Å². The Balaban J connectivity index is 2.04. The Hall–Kier alpha value is -1.07. The predicted octanol–water partition coefficient (Wildman–Crippen LogP) is 4.35. The standard InChI is InChI=1S/C14H16BrN3S/c1-2-8-16-13-12(15)14(18-10-17-13)19-9-11-6-4-3-5-7-11/h3-7,10H,2,8-9H2,1H3,(H,16,17,18). The molecule has 0 unspecified atom stereocenters. The molecule has 0 saturated carbocycles. The van der Waals surface area contributed by atoms with Crippen molar-refractivity contribution in [2.24, 2.45) is 0 Å². The van der Waals surface area contributed by atoms with Crippen molar-refractivity contribution in [1.82, 2.24) is 9.97 Å². The second kappa shape index (κ2) is 7.50. The van der Waals surface area contributed by atoms with Gasteiger partial charge >= 0.3 is 0 Å². The summed E-state index contributed by atoms with van der Waals surface area (Å²) < 4.78 is 0.949. The molecule has 1 aromatic carbocycles. The maximum Gasteiger partial charge on any atom is 0.144 e. The van der Waals surface area contributed by atoms with Crippen molar-refractivity contribution in [3.8, 4) is 0 Å². The maximum atomic E-state index is 4.33. The number of rotatable bonds is 6. The third kappa shape index (κ3) is 4.21. The van der Waals surface area contributed by atoms with Gasteiger partial charge in [0, 0.05) is 12.3 Å². The highest BCUT2D eigenvalue weighted by Crippen LogP contribution is 2.31. The van der Waals surface area contributed by atoms with E-state index < -0.39 is 0 Å². The zero-order valence-electron chi connectivity index (χ0n) is 10.8. The number of halogens is 1. The van der Waals surface area contributed by atoms with Gasteiger partial charge in [-0.1, -0.05) is 37.3 Å². The van der Waals surface area contributed by atoms with E-state index in [0.29, 0.717) is 0 Å². The number of nitrogens with one attached hydrogen (secondary N) is 1. The quantitative estimate of drug-likeness (QED) is 0.628. The van der Waals surface area contributed by atoms with Crippen LogP contribution >= 0.6 is 27.7 Å². The summed E-state index contributed by atoms with van der Waals surface area (Å²) in [5.41, 5.74) is 1.29. The van der Waals surface area contributed by atoms with E-state index in [1.165, 1.54) is 5.56 Å². The summed E-state index contributed by atoms with van der Waals surface area (Å²) in [6, 6.07) is 10.4. The van der Waals surface area contributed by atoms with E-state index >= 15 is 0 Å². The van der Waals surface area contributed by atoms with Gasteiger partial charge in [-0.3, -0.25) is 0 Å². The molecular formula is C14H16BrN3S. The van der Waals surface area contributed by atoms with Crippen molar-refractivity contribution in [3.05, 3.63) is 46.7 Å². The van der Waals surface area contributed by atoms with Gasteiger partial charge in [0.1, 0.15) is 17.2 Å². The van der Waals surface area contributed by atoms with Crippen LogP contribution in [-0.2, 0) is 5.75 Å². The molecule has 100 valence electrons. The van der Waals surface area contributed by atoms with Crippen LogP contribution < -0.4 is 5.32 Å². The molecule has 5 heteroatoms. The first-order chi connectivity index (χ1) is 9.31. The highest BCUT2D eigenvalue weighted by atomic mass is 79.9. The van der Waals surface area contributed by atoms with Gasteiger partial charge in [-0.15, -0.1) is 11.8 Å². The number of nitrogens with zero attached hydrogens (tertiary/aromatic N) is 2. The Morgan fingerprint density at radius 2 is 2.00 bits per heavy atom. The fourth-order valence-corrected chi connectivity index (χ4v) is 3.08. The predicted molar refractivity (Wildman–Crippen MR) is 84.5 cm³/mol. The van der Waals surface area contributed by atoms with Gasteiger partial charge in [-0.2, -0.15) is 0 Å². The molecule has 19 heavy (non-hydrogen) atoms. The second-order valence-corrected chi connectivity index (χ2v) is 5.80. The lowest BCUT2D eigenvalue weighted by atomic mass is 10.2. The van der Waals surface area contributed by atoms with E-state index in [4.69, 9.17) is 0 Å². The number of hydrogen-bond acceptors (Lipinski definition) is 4. The highest BCUT2D eigenvalue weighted by Gasteiger charge is 2.08. The van der Waals surface area contributed by atoms with Crippen LogP contribution in [0, 0.1) is 0 Å². The third-order valence-corrected chi connectivity index (χ3v) is 4.59. The summed E-state index contributed by atoms with van der Waals surface area (Å²) in [6.45, 7) is 3.05. The molecule has 3 nitrogen and oxygen atoms in total.